The van der Waals surface area contributed by atoms with E-state index in [0.29, 0.717) is 11.3 Å². The molecule has 0 saturated carbocycles. The molecular weight excluding hydrogens is 428 g/mol. The largest absolute Gasteiger partial charge is 0.484 e. The van der Waals surface area contributed by atoms with Crippen molar-refractivity contribution in [1.29, 1.82) is 5.26 Å². The van der Waals surface area contributed by atoms with E-state index >= 15 is 0 Å². The lowest BCUT2D eigenvalue weighted by Gasteiger charge is -2.08. The van der Waals surface area contributed by atoms with Gasteiger partial charge in [0.1, 0.15) is 5.75 Å². The molecule has 0 aliphatic heterocycles. The molecule has 0 aliphatic carbocycles. The summed E-state index contributed by atoms with van der Waals surface area (Å²) < 4.78 is 5.47. The number of fused-ring (bicyclic) bond motifs is 1. The second kappa shape index (κ2) is 10.6. The number of para-hydroxylation sites is 1. The molecular formula is C27H20N4O3. The van der Waals surface area contributed by atoms with Crippen LogP contribution in [0.2, 0.25) is 0 Å². The van der Waals surface area contributed by atoms with Gasteiger partial charge >= 0.3 is 0 Å². The van der Waals surface area contributed by atoms with Crippen molar-refractivity contribution >= 4 is 28.8 Å². The third-order valence-corrected chi connectivity index (χ3v) is 4.97. The molecule has 0 aliphatic rings. The van der Waals surface area contributed by atoms with E-state index in [9.17, 15) is 9.59 Å². The second-order valence-electron chi connectivity index (χ2n) is 7.30. The number of carbonyl (C=O) groups excluding carboxylic acids is 2. The zero-order valence-corrected chi connectivity index (χ0v) is 18.1. The lowest BCUT2D eigenvalue weighted by molar-refractivity contribution is -0.128. The molecule has 0 saturated heterocycles. The van der Waals surface area contributed by atoms with Crippen molar-refractivity contribution in [3.63, 3.8) is 0 Å². The fourth-order valence-electron chi connectivity index (χ4n) is 3.27. The molecule has 7 heteroatoms. The van der Waals surface area contributed by atoms with Gasteiger partial charge in [-0.3, -0.25) is 25.4 Å². The quantitative estimate of drug-likeness (QED) is 0.343. The first kappa shape index (κ1) is 22.2. The number of amides is 2. The Morgan fingerprint density at radius 1 is 0.912 bits per heavy atom. The molecule has 1 aromatic heterocycles. The molecule has 4 aromatic rings. The van der Waals surface area contributed by atoms with Crippen LogP contribution in [0.3, 0.4) is 0 Å². The van der Waals surface area contributed by atoms with Crippen molar-refractivity contribution in [3.8, 4) is 22.9 Å². The van der Waals surface area contributed by atoms with Gasteiger partial charge in [0.25, 0.3) is 11.8 Å². The van der Waals surface area contributed by atoms with Gasteiger partial charge in [0.2, 0.25) is 0 Å². The smallest absolute Gasteiger partial charge is 0.276 e. The van der Waals surface area contributed by atoms with E-state index < -0.39 is 11.8 Å². The summed E-state index contributed by atoms with van der Waals surface area (Å²) in [6.45, 7) is -0.256. The van der Waals surface area contributed by atoms with Gasteiger partial charge < -0.3 is 4.74 Å². The summed E-state index contributed by atoms with van der Waals surface area (Å²) in [7, 11) is 0. The number of nitrogens with zero attached hydrogens (tertiary/aromatic N) is 2. The number of aromatic nitrogens is 1. The average Bonchev–Trinajstić information content (AvgIpc) is 2.90. The number of hydrogen-bond acceptors (Lipinski definition) is 5. The fourth-order valence-corrected chi connectivity index (χ4v) is 3.27. The van der Waals surface area contributed by atoms with Crippen molar-refractivity contribution in [2.24, 2.45) is 0 Å². The lowest BCUT2D eigenvalue weighted by atomic mass is 10.0. The first-order chi connectivity index (χ1) is 16.6. The van der Waals surface area contributed by atoms with Crippen molar-refractivity contribution in [1.82, 2.24) is 15.8 Å². The molecule has 2 amide bonds. The van der Waals surface area contributed by atoms with Gasteiger partial charge in [-0.05, 0) is 47.5 Å². The van der Waals surface area contributed by atoms with Crippen LogP contribution in [0.1, 0.15) is 11.1 Å². The Kier molecular flexibility index (Phi) is 6.91. The number of carbonyl (C=O) groups is 2. The molecule has 1 heterocycles. The zero-order chi connectivity index (χ0) is 23.8. The van der Waals surface area contributed by atoms with E-state index in [-0.39, 0.29) is 6.61 Å². The molecule has 7 nitrogen and oxygen atoms in total. The van der Waals surface area contributed by atoms with Crippen LogP contribution in [0.4, 0.5) is 0 Å². The molecule has 4 rings (SSSR count). The van der Waals surface area contributed by atoms with E-state index in [4.69, 9.17) is 10.00 Å². The Balaban J connectivity index is 1.25. The number of pyridine rings is 1. The average molecular weight is 448 g/mol. The zero-order valence-electron chi connectivity index (χ0n) is 18.1. The number of hydrogen-bond donors (Lipinski definition) is 2. The maximum Gasteiger partial charge on any atom is 0.276 e. The molecule has 0 atom stereocenters. The van der Waals surface area contributed by atoms with E-state index in [2.05, 4.69) is 21.9 Å². The minimum atomic E-state index is -0.496. The Morgan fingerprint density at radius 2 is 1.62 bits per heavy atom. The van der Waals surface area contributed by atoms with E-state index in [0.717, 1.165) is 27.6 Å². The minimum Gasteiger partial charge on any atom is -0.484 e. The normalized spacial score (nSPS) is 10.6. The number of nitriles is 1. The maximum absolute atomic E-state index is 12.1. The Bertz CT molecular complexity index is 1380. The van der Waals surface area contributed by atoms with Crippen LogP contribution in [0.5, 0.6) is 5.75 Å². The number of nitrogens with one attached hydrogen (secondary N) is 2. The minimum absolute atomic E-state index is 0.256. The third kappa shape index (κ3) is 5.64. The second-order valence-corrected chi connectivity index (χ2v) is 7.30. The monoisotopic (exact) mass is 448 g/mol. The van der Waals surface area contributed by atoms with Gasteiger partial charge in [-0.15, -0.1) is 0 Å². The predicted molar refractivity (Wildman–Crippen MR) is 129 cm³/mol. The molecule has 0 spiro atoms. The topological polar surface area (TPSA) is 104 Å². The van der Waals surface area contributed by atoms with Gasteiger partial charge in [0.15, 0.2) is 6.61 Å². The van der Waals surface area contributed by atoms with Crippen LogP contribution in [0.25, 0.3) is 28.1 Å². The van der Waals surface area contributed by atoms with E-state index in [1.165, 1.54) is 6.08 Å². The first-order valence-electron chi connectivity index (χ1n) is 10.5. The summed E-state index contributed by atoms with van der Waals surface area (Å²) in [5.74, 6) is -0.458. The number of benzene rings is 3. The van der Waals surface area contributed by atoms with Gasteiger partial charge in [-0.2, -0.15) is 5.26 Å². The Labute approximate surface area is 196 Å². The molecule has 0 fully saturated rings. The lowest BCUT2D eigenvalue weighted by Crippen LogP contribution is -2.43. The van der Waals surface area contributed by atoms with Gasteiger partial charge in [0, 0.05) is 23.2 Å². The Morgan fingerprint density at radius 3 is 2.35 bits per heavy atom. The van der Waals surface area contributed by atoms with Gasteiger partial charge in [-0.1, -0.05) is 48.5 Å². The highest BCUT2D eigenvalue weighted by Crippen LogP contribution is 2.22. The number of ether oxygens (including phenoxy) is 1. The van der Waals surface area contributed by atoms with Crippen LogP contribution in [0, 0.1) is 11.3 Å². The van der Waals surface area contributed by atoms with Crippen LogP contribution in [-0.2, 0) is 9.59 Å². The van der Waals surface area contributed by atoms with Gasteiger partial charge in [0.05, 0.1) is 17.1 Å². The fraction of sp³-hybridized carbons (Fsp3) is 0.0370. The van der Waals surface area contributed by atoms with Gasteiger partial charge in [-0.25, -0.2) is 0 Å². The first-order valence-corrected chi connectivity index (χ1v) is 10.5. The van der Waals surface area contributed by atoms with Crippen molar-refractivity contribution in [2.75, 3.05) is 6.61 Å². The summed E-state index contributed by atoms with van der Waals surface area (Å²) in [6.07, 6.45) is 4.66. The van der Waals surface area contributed by atoms with Crippen molar-refractivity contribution in [2.45, 2.75) is 0 Å². The van der Waals surface area contributed by atoms with Crippen molar-refractivity contribution < 1.29 is 14.3 Å². The van der Waals surface area contributed by atoms with Crippen LogP contribution >= 0.6 is 0 Å². The summed E-state index contributed by atoms with van der Waals surface area (Å²) in [5.41, 5.74) is 8.76. The highest BCUT2D eigenvalue weighted by molar-refractivity contribution is 5.96. The summed E-state index contributed by atoms with van der Waals surface area (Å²) in [5, 5.41) is 9.86. The molecule has 2 N–H and O–H groups in total. The summed E-state index contributed by atoms with van der Waals surface area (Å²) in [6, 6.07) is 26.1. The number of hydrazine groups is 1. The summed E-state index contributed by atoms with van der Waals surface area (Å²) in [4.78, 5) is 28.4. The van der Waals surface area contributed by atoms with Crippen LogP contribution in [-0.4, -0.2) is 23.4 Å². The number of rotatable bonds is 6. The van der Waals surface area contributed by atoms with E-state index in [1.807, 2.05) is 54.6 Å². The molecule has 166 valence electrons. The highest BCUT2D eigenvalue weighted by atomic mass is 16.5. The van der Waals surface area contributed by atoms with E-state index in [1.54, 1.807) is 36.5 Å². The molecule has 0 radical (unpaired) electrons. The standard InChI is InChI=1S/C27H20N4O3/c28-17-19-6-8-20(9-7-19)21-10-13-24(14-11-21)34-18-26(33)31-30-25(32)15-12-23-4-1-3-22-5-2-16-29-27(22)23/h1-16H,18H2,(H,30,32)(H,31,33)/b15-12+. The molecule has 3 aromatic carbocycles. The highest BCUT2D eigenvalue weighted by Gasteiger charge is 2.05. The summed E-state index contributed by atoms with van der Waals surface area (Å²) >= 11 is 0. The molecule has 0 unspecified atom stereocenters. The third-order valence-electron chi connectivity index (χ3n) is 4.97. The Hall–Kier alpha value is -4.96. The molecule has 34 heavy (non-hydrogen) atoms. The van der Waals surface area contributed by atoms with Crippen LogP contribution in [0.15, 0.2) is 91.1 Å². The SMILES string of the molecule is N#Cc1ccc(-c2ccc(OCC(=O)NNC(=O)/C=C/c3cccc4cccnc34)cc2)cc1. The van der Waals surface area contributed by atoms with Crippen LogP contribution < -0.4 is 15.6 Å². The molecule has 0 bridgehead atoms. The maximum atomic E-state index is 12.1. The predicted octanol–water partition coefficient (Wildman–Crippen LogP) is 4.01. The van der Waals surface area contributed by atoms with Crippen molar-refractivity contribution in [3.05, 3.63) is 102 Å².